The summed E-state index contributed by atoms with van der Waals surface area (Å²) < 4.78 is 7.11. The summed E-state index contributed by atoms with van der Waals surface area (Å²) in [5.74, 6) is -0.510. The minimum atomic E-state index is -0.551. The predicted octanol–water partition coefficient (Wildman–Crippen LogP) is 2.49. The Morgan fingerprint density at radius 3 is 2.90 bits per heavy atom. The lowest BCUT2D eigenvalue weighted by atomic mass is 10.1. The highest BCUT2D eigenvalue weighted by Gasteiger charge is 2.13. The van der Waals surface area contributed by atoms with E-state index < -0.39 is 5.97 Å². The van der Waals surface area contributed by atoms with Crippen LogP contribution < -0.4 is 5.32 Å². The van der Waals surface area contributed by atoms with Gasteiger partial charge in [0.15, 0.2) is 0 Å². The maximum atomic E-state index is 11.4. The minimum Gasteiger partial charge on any atom is -0.463 e. The molecule has 0 fully saturated rings. The lowest BCUT2D eigenvalue weighted by Crippen LogP contribution is -2.18. The fourth-order valence-corrected chi connectivity index (χ4v) is 2.71. The van der Waals surface area contributed by atoms with Crippen molar-refractivity contribution in [1.29, 1.82) is 0 Å². The Kier molecular flexibility index (Phi) is 5.08. The van der Waals surface area contributed by atoms with Gasteiger partial charge in [0.05, 0.1) is 12.8 Å². The molecule has 0 spiro atoms. The number of nitrogens with one attached hydrogen (secondary N) is 1. The smallest absolute Gasteiger partial charge is 0.377 e. The number of rotatable bonds is 5. The van der Waals surface area contributed by atoms with Crippen LogP contribution in [-0.2, 0) is 4.74 Å². The summed E-state index contributed by atoms with van der Waals surface area (Å²) in [4.78, 5) is 15.3. The number of benzene rings is 1. The van der Waals surface area contributed by atoms with Gasteiger partial charge in [-0.3, -0.25) is 0 Å². The van der Waals surface area contributed by atoms with Crippen molar-refractivity contribution in [3.05, 3.63) is 40.4 Å². The van der Waals surface area contributed by atoms with Gasteiger partial charge in [0, 0.05) is 10.5 Å². The van der Waals surface area contributed by atoms with Crippen molar-refractivity contribution in [2.45, 2.75) is 19.9 Å². The standard InChI is InChI=1S/C14H17BrN4O2/c1-4-16-9(2)11-6-5-10(7-12(11)15)19-8-17-13(18-19)14(20)21-3/h5-9,16H,4H2,1-3H3. The van der Waals surface area contributed by atoms with Crippen LogP contribution in [0.1, 0.15) is 36.1 Å². The number of aromatic nitrogens is 3. The van der Waals surface area contributed by atoms with Gasteiger partial charge in [-0.1, -0.05) is 28.9 Å². The van der Waals surface area contributed by atoms with E-state index >= 15 is 0 Å². The van der Waals surface area contributed by atoms with Crippen molar-refractivity contribution >= 4 is 21.9 Å². The van der Waals surface area contributed by atoms with Crippen LogP contribution in [0.15, 0.2) is 29.0 Å². The molecule has 2 aromatic rings. The molecule has 21 heavy (non-hydrogen) atoms. The van der Waals surface area contributed by atoms with Gasteiger partial charge in [0.2, 0.25) is 0 Å². The summed E-state index contributed by atoms with van der Waals surface area (Å²) in [5, 5.41) is 7.46. The first kappa shape index (κ1) is 15.7. The average Bonchev–Trinajstić information content (AvgIpc) is 2.96. The number of hydrogen-bond acceptors (Lipinski definition) is 5. The van der Waals surface area contributed by atoms with E-state index in [4.69, 9.17) is 0 Å². The second kappa shape index (κ2) is 6.82. The van der Waals surface area contributed by atoms with E-state index in [0.717, 1.165) is 22.3 Å². The highest BCUT2D eigenvalue weighted by Crippen LogP contribution is 2.25. The molecule has 7 heteroatoms. The summed E-state index contributed by atoms with van der Waals surface area (Å²) >= 11 is 3.57. The first-order valence-corrected chi connectivity index (χ1v) is 7.39. The Morgan fingerprint density at radius 1 is 1.52 bits per heavy atom. The maximum absolute atomic E-state index is 11.4. The molecule has 1 unspecified atom stereocenters. The van der Waals surface area contributed by atoms with Gasteiger partial charge in [0.25, 0.3) is 5.82 Å². The van der Waals surface area contributed by atoms with E-state index in [-0.39, 0.29) is 11.9 Å². The fourth-order valence-electron chi connectivity index (χ4n) is 2.00. The van der Waals surface area contributed by atoms with E-state index in [1.54, 1.807) is 4.68 Å². The molecule has 6 nitrogen and oxygen atoms in total. The van der Waals surface area contributed by atoms with Crippen LogP contribution >= 0.6 is 15.9 Å². The molecule has 0 aliphatic carbocycles. The fraction of sp³-hybridized carbons (Fsp3) is 0.357. The Balaban J connectivity index is 2.27. The number of carbonyl (C=O) groups excluding carboxylic acids is 1. The van der Waals surface area contributed by atoms with Crippen molar-refractivity contribution in [2.24, 2.45) is 0 Å². The third-order valence-corrected chi connectivity index (χ3v) is 3.77. The molecule has 2 rings (SSSR count). The molecule has 1 heterocycles. The molecular formula is C14H17BrN4O2. The first-order valence-electron chi connectivity index (χ1n) is 6.60. The number of hydrogen-bond donors (Lipinski definition) is 1. The molecule has 0 saturated heterocycles. The summed E-state index contributed by atoms with van der Waals surface area (Å²) in [6, 6.07) is 6.15. The molecule has 0 bridgehead atoms. The van der Waals surface area contributed by atoms with Crippen molar-refractivity contribution in [1.82, 2.24) is 20.1 Å². The molecule has 1 N–H and O–H groups in total. The average molecular weight is 353 g/mol. The van der Waals surface area contributed by atoms with Crippen molar-refractivity contribution in [3.8, 4) is 5.69 Å². The topological polar surface area (TPSA) is 69.0 Å². The second-order valence-corrected chi connectivity index (χ2v) is 5.34. The predicted molar refractivity (Wildman–Crippen MR) is 82.5 cm³/mol. The van der Waals surface area contributed by atoms with E-state index in [1.807, 2.05) is 18.2 Å². The molecule has 0 aliphatic rings. The summed E-state index contributed by atoms with van der Waals surface area (Å²) in [7, 11) is 1.30. The Labute approximate surface area is 131 Å². The molecule has 0 radical (unpaired) electrons. The van der Waals surface area contributed by atoms with Gasteiger partial charge < -0.3 is 10.1 Å². The van der Waals surface area contributed by atoms with E-state index in [0.29, 0.717) is 0 Å². The van der Waals surface area contributed by atoms with Crippen LogP contribution in [0.4, 0.5) is 0 Å². The minimum absolute atomic E-state index is 0.0405. The number of methoxy groups -OCH3 is 1. The van der Waals surface area contributed by atoms with Crippen LogP contribution in [-0.4, -0.2) is 34.4 Å². The summed E-state index contributed by atoms with van der Waals surface area (Å²) in [5.41, 5.74) is 1.98. The maximum Gasteiger partial charge on any atom is 0.377 e. The molecule has 1 atom stereocenters. The molecule has 1 aromatic heterocycles. The molecule has 1 aromatic carbocycles. The molecule has 0 aliphatic heterocycles. The number of ether oxygens (including phenoxy) is 1. The Hall–Kier alpha value is -1.73. The van der Waals surface area contributed by atoms with Crippen LogP contribution in [0.3, 0.4) is 0 Å². The van der Waals surface area contributed by atoms with Gasteiger partial charge in [-0.25, -0.2) is 14.5 Å². The van der Waals surface area contributed by atoms with Gasteiger partial charge in [-0.2, -0.15) is 0 Å². The quantitative estimate of drug-likeness (QED) is 0.837. The first-order chi connectivity index (χ1) is 10.1. The van der Waals surface area contributed by atoms with Crippen molar-refractivity contribution in [2.75, 3.05) is 13.7 Å². The van der Waals surface area contributed by atoms with E-state index in [1.165, 1.54) is 13.4 Å². The molecule has 0 saturated carbocycles. The molecular weight excluding hydrogens is 336 g/mol. The SMILES string of the molecule is CCNC(C)c1ccc(-n2cnc(C(=O)OC)n2)cc1Br. The third kappa shape index (κ3) is 3.48. The number of nitrogens with zero attached hydrogens (tertiary/aromatic N) is 3. The Morgan fingerprint density at radius 2 is 2.29 bits per heavy atom. The highest BCUT2D eigenvalue weighted by atomic mass is 79.9. The van der Waals surface area contributed by atoms with Crippen LogP contribution in [0.25, 0.3) is 5.69 Å². The van der Waals surface area contributed by atoms with Crippen LogP contribution in [0, 0.1) is 0 Å². The van der Waals surface area contributed by atoms with Gasteiger partial charge >= 0.3 is 5.97 Å². The number of esters is 1. The van der Waals surface area contributed by atoms with Crippen molar-refractivity contribution < 1.29 is 9.53 Å². The third-order valence-electron chi connectivity index (χ3n) is 3.09. The largest absolute Gasteiger partial charge is 0.463 e. The van der Waals surface area contributed by atoms with Gasteiger partial charge in [0.1, 0.15) is 6.33 Å². The van der Waals surface area contributed by atoms with Crippen LogP contribution in [0.5, 0.6) is 0 Å². The van der Waals surface area contributed by atoms with E-state index in [9.17, 15) is 4.79 Å². The van der Waals surface area contributed by atoms with Gasteiger partial charge in [-0.05, 0) is 31.2 Å². The second-order valence-electron chi connectivity index (χ2n) is 4.49. The number of carbonyl (C=O) groups is 1. The summed E-state index contributed by atoms with van der Waals surface area (Å²) in [6.45, 7) is 5.08. The monoisotopic (exact) mass is 352 g/mol. The zero-order chi connectivity index (χ0) is 15.4. The normalized spacial score (nSPS) is 12.2. The molecule has 0 amide bonds. The van der Waals surface area contributed by atoms with Crippen LogP contribution in [0.2, 0.25) is 0 Å². The number of halogens is 1. The van der Waals surface area contributed by atoms with Crippen molar-refractivity contribution in [3.63, 3.8) is 0 Å². The zero-order valence-electron chi connectivity index (χ0n) is 12.1. The van der Waals surface area contributed by atoms with Gasteiger partial charge in [-0.15, -0.1) is 5.10 Å². The lowest BCUT2D eigenvalue weighted by Gasteiger charge is -2.15. The zero-order valence-corrected chi connectivity index (χ0v) is 13.7. The Bertz CT molecular complexity index is 642. The highest BCUT2D eigenvalue weighted by molar-refractivity contribution is 9.10. The van der Waals surface area contributed by atoms with E-state index in [2.05, 4.69) is 49.9 Å². The molecule has 112 valence electrons. The summed E-state index contributed by atoms with van der Waals surface area (Å²) in [6.07, 6.45) is 1.49. The lowest BCUT2D eigenvalue weighted by molar-refractivity contribution is 0.0587.